The molecule has 1 aromatic carbocycles. The first-order valence-electron chi connectivity index (χ1n) is 10.6. The molecule has 0 aromatic heterocycles. The average Bonchev–Trinajstić information content (AvgIpc) is 3.44. The van der Waals surface area contributed by atoms with E-state index in [4.69, 9.17) is 5.73 Å². The van der Waals surface area contributed by atoms with Crippen molar-refractivity contribution in [1.82, 2.24) is 5.32 Å². The van der Waals surface area contributed by atoms with Gasteiger partial charge in [0.25, 0.3) is 5.91 Å². The van der Waals surface area contributed by atoms with Gasteiger partial charge in [0.15, 0.2) is 0 Å². The fraction of sp³-hybridized carbons (Fsp3) is 0.682. The lowest BCUT2D eigenvalue weighted by Crippen LogP contribution is -2.69. The number of aliphatic hydroxyl groups is 1. The number of nitrogens with one attached hydrogen (secondary N) is 1. The minimum Gasteiger partial charge on any atom is -0.507 e. The van der Waals surface area contributed by atoms with E-state index in [0.29, 0.717) is 6.04 Å². The second-order valence-electron chi connectivity index (χ2n) is 9.38. The van der Waals surface area contributed by atoms with Gasteiger partial charge in [-0.15, -0.1) is 0 Å². The van der Waals surface area contributed by atoms with Crippen LogP contribution >= 0.6 is 0 Å². The van der Waals surface area contributed by atoms with Crippen molar-refractivity contribution < 1.29 is 15.0 Å². The van der Waals surface area contributed by atoms with Crippen LogP contribution < -0.4 is 11.1 Å². The van der Waals surface area contributed by atoms with Crippen molar-refractivity contribution in [2.45, 2.75) is 74.8 Å². The summed E-state index contributed by atoms with van der Waals surface area (Å²) < 4.78 is 0. The van der Waals surface area contributed by atoms with Gasteiger partial charge in [0.1, 0.15) is 5.75 Å². The van der Waals surface area contributed by atoms with Gasteiger partial charge in [-0.3, -0.25) is 4.79 Å². The number of hydrogen-bond acceptors (Lipinski definition) is 4. The molecule has 146 valence electrons. The molecule has 4 aliphatic carbocycles. The van der Waals surface area contributed by atoms with Crippen LogP contribution in [0.5, 0.6) is 5.75 Å². The second kappa shape index (κ2) is 5.95. The monoisotopic (exact) mass is 370 g/mol. The Morgan fingerprint density at radius 1 is 1.19 bits per heavy atom. The number of hydrogen-bond donors (Lipinski definition) is 4. The van der Waals surface area contributed by atoms with Gasteiger partial charge in [-0.05, 0) is 69.0 Å². The Balaban J connectivity index is 1.61. The molecule has 0 aliphatic heterocycles. The van der Waals surface area contributed by atoms with Crippen molar-refractivity contribution in [1.29, 1.82) is 0 Å². The van der Waals surface area contributed by atoms with Gasteiger partial charge >= 0.3 is 0 Å². The zero-order valence-electron chi connectivity index (χ0n) is 15.8. The van der Waals surface area contributed by atoms with Gasteiger partial charge in [-0.1, -0.05) is 18.9 Å². The fourth-order valence-corrected chi connectivity index (χ4v) is 6.53. The molecule has 27 heavy (non-hydrogen) atoms. The molecule has 4 atom stereocenters. The van der Waals surface area contributed by atoms with Crippen LogP contribution in [0.3, 0.4) is 0 Å². The summed E-state index contributed by atoms with van der Waals surface area (Å²) in [7, 11) is 0. The minimum atomic E-state index is -0.814. The Kier molecular flexibility index (Phi) is 3.86. The van der Waals surface area contributed by atoms with E-state index in [2.05, 4.69) is 5.32 Å². The molecule has 4 aliphatic rings. The number of carbonyl (C=O) groups is 1. The van der Waals surface area contributed by atoms with Gasteiger partial charge in [-0.25, -0.2) is 0 Å². The highest BCUT2D eigenvalue weighted by atomic mass is 16.3. The quantitative estimate of drug-likeness (QED) is 0.654. The first kappa shape index (κ1) is 17.5. The average molecular weight is 370 g/mol. The second-order valence-corrected chi connectivity index (χ2v) is 9.38. The summed E-state index contributed by atoms with van der Waals surface area (Å²) in [6.45, 7) is 1.06. The molecule has 3 fully saturated rings. The Hall–Kier alpha value is -1.59. The number of rotatable bonds is 4. The van der Waals surface area contributed by atoms with E-state index in [1.165, 1.54) is 12.8 Å². The molecule has 3 saturated carbocycles. The van der Waals surface area contributed by atoms with Gasteiger partial charge in [0, 0.05) is 22.9 Å². The normalized spacial score (nSPS) is 37.4. The zero-order valence-corrected chi connectivity index (χ0v) is 15.8. The molecule has 0 spiro atoms. The predicted octanol–water partition coefficient (Wildman–Crippen LogP) is 2.37. The van der Waals surface area contributed by atoms with Crippen LogP contribution in [0.1, 0.15) is 72.9 Å². The van der Waals surface area contributed by atoms with E-state index < -0.39 is 16.9 Å². The van der Waals surface area contributed by atoms with Gasteiger partial charge in [-0.2, -0.15) is 0 Å². The van der Waals surface area contributed by atoms with Crippen LogP contribution in [-0.2, 0) is 11.8 Å². The van der Waals surface area contributed by atoms with Crippen molar-refractivity contribution in [2.75, 3.05) is 6.54 Å². The number of nitrogens with two attached hydrogens (primary N) is 1. The van der Waals surface area contributed by atoms with Crippen molar-refractivity contribution in [2.24, 2.45) is 17.6 Å². The van der Waals surface area contributed by atoms with Gasteiger partial charge in [0.05, 0.1) is 11.2 Å². The van der Waals surface area contributed by atoms with Crippen molar-refractivity contribution >= 4 is 5.91 Å². The molecular formula is C22H30N2O3. The maximum atomic E-state index is 12.0. The van der Waals surface area contributed by atoms with E-state index in [9.17, 15) is 15.0 Å². The highest BCUT2D eigenvalue weighted by Crippen LogP contribution is 2.63. The smallest absolute Gasteiger partial charge is 0.252 e. The first-order valence-corrected chi connectivity index (χ1v) is 10.6. The molecule has 1 amide bonds. The van der Waals surface area contributed by atoms with E-state index in [1.807, 2.05) is 6.07 Å². The lowest BCUT2D eigenvalue weighted by Gasteiger charge is -2.63. The lowest BCUT2D eigenvalue weighted by molar-refractivity contribution is -0.156. The molecular weight excluding hydrogens is 340 g/mol. The van der Waals surface area contributed by atoms with Crippen LogP contribution in [0, 0.1) is 11.8 Å². The standard InChI is InChI=1S/C22H30N2O3/c23-20(26)15-6-5-14-11-16-17(24-12-13-3-4-13)7-10-21(18(14)19(15)25)8-1-2-9-22(16,21)27/h5-6,13,16-17,24-25,27H,1-4,7-12H2,(H2,23,26)/t16-,17?,21-,22+/m0/s1. The van der Waals surface area contributed by atoms with Crippen LogP contribution in [-0.4, -0.2) is 34.3 Å². The van der Waals surface area contributed by atoms with Crippen molar-refractivity contribution in [3.8, 4) is 5.75 Å². The number of aromatic hydroxyl groups is 1. The Morgan fingerprint density at radius 3 is 2.70 bits per heavy atom. The van der Waals surface area contributed by atoms with E-state index >= 15 is 0 Å². The molecule has 1 unspecified atom stereocenters. The summed E-state index contributed by atoms with van der Waals surface area (Å²) in [5, 5.41) is 26.8. The predicted molar refractivity (Wildman–Crippen MR) is 103 cm³/mol. The summed E-state index contributed by atoms with van der Waals surface area (Å²) >= 11 is 0. The number of carbonyl (C=O) groups excluding carboxylic acids is 1. The Morgan fingerprint density at radius 2 is 1.96 bits per heavy atom. The molecule has 5 nitrogen and oxygen atoms in total. The van der Waals surface area contributed by atoms with Crippen LogP contribution in [0.2, 0.25) is 0 Å². The van der Waals surface area contributed by atoms with Crippen molar-refractivity contribution in [3.05, 3.63) is 28.8 Å². The zero-order chi connectivity index (χ0) is 18.8. The maximum absolute atomic E-state index is 12.0. The first-order chi connectivity index (χ1) is 13.0. The summed E-state index contributed by atoms with van der Waals surface area (Å²) in [4.78, 5) is 11.8. The van der Waals surface area contributed by atoms with Crippen LogP contribution in [0.25, 0.3) is 0 Å². The third-order valence-electron chi connectivity index (χ3n) is 8.04. The molecule has 0 radical (unpaired) electrons. The molecule has 2 bridgehead atoms. The Bertz CT molecular complexity index is 790. The summed E-state index contributed by atoms with van der Waals surface area (Å²) in [5.41, 5.74) is 6.33. The largest absolute Gasteiger partial charge is 0.507 e. The maximum Gasteiger partial charge on any atom is 0.252 e. The molecule has 1 aromatic rings. The van der Waals surface area contributed by atoms with E-state index in [1.54, 1.807) is 6.07 Å². The number of phenols is 1. The lowest BCUT2D eigenvalue weighted by atomic mass is 9.45. The number of benzene rings is 1. The summed E-state index contributed by atoms with van der Waals surface area (Å²) in [6.07, 6.45) is 8.99. The highest BCUT2D eigenvalue weighted by molar-refractivity contribution is 5.96. The SMILES string of the molecule is NC(=O)c1ccc2c(c1O)[C@@]13CCCC[C@@]1(O)[C@@H](C2)C(NCC1CC1)CC3. The third-order valence-corrected chi connectivity index (χ3v) is 8.04. The molecule has 5 N–H and O–H groups in total. The summed E-state index contributed by atoms with van der Waals surface area (Å²) in [6, 6.07) is 3.94. The number of fused-ring (bicyclic) bond motifs is 1. The number of amides is 1. The highest BCUT2D eigenvalue weighted by Gasteiger charge is 2.64. The molecule has 5 rings (SSSR count). The number of primary amides is 1. The van der Waals surface area contributed by atoms with Crippen LogP contribution in [0.15, 0.2) is 12.1 Å². The van der Waals surface area contributed by atoms with Gasteiger partial charge < -0.3 is 21.3 Å². The molecule has 5 heteroatoms. The van der Waals surface area contributed by atoms with Crippen molar-refractivity contribution in [3.63, 3.8) is 0 Å². The summed E-state index contributed by atoms with van der Waals surface area (Å²) in [5.74, 6) is 0.392. The topological polar surface area (TPSA) is 95.6 Å². The fourth-order valence-electron chi connectivity index (χ4n) is 6.53. The van der Waals surface area contributed by atoms with Crippen LogP contribution in [0.4, 0.5) is 0 Å². The Labute approximate surface area is 160 Å². The minimum absolute atomic E-state index is 0.0168. The third kappa shape index (κ3) is 2.40. The molecule has 0 saturated heterocycles. The van der Waals surface area contributed by atoms with E-state index in [0.717, 1.165) is 68.5 Å². The van der Waals surface area contributed by atoms with E-state index in [-0.39, 0.29) is 17.2 Å². The molecule has 0 heterocycles. The van der Waals surface area contributed by atoms with Gasteiger partial charge in [0.2, 0.25) is 0 Å².